The van der Waals surface area contributed by atoms with Crippen LogP contribution in [0.2, 0.25) is 0 Å². The van der Waals surface area contributed by atoms with Crippen LogP contribution in [-0.4, -0.2) is 11.1 Å². The standard InChI is InChI=1S/C23H17NO3/c25-19-11-13-20(14-12-19)27-23(26)22-15-10-18-8-4-5-9-21(18)24(22)16-17-6-2-1-3-7-17/h1-15H,16H2/p+1. The second-order valence-corrected chi connectivity index (χ2v) is 6.23. The highest BCUT2D eigenvalue weighted by Crippen LogP contribution is 2.18. The van der Waals surface area contributed by atoms with E-state index in [0.29, 0.717) is 18.0 Å². The summed E-state index contributed by atoms with van der Waals surface area (Å²) >= 11 is 0. The van der Waals surface area contributed by atoms with Gasteiger partial charge in [0.1, 0.15) is 11.5 Å². The van der Waals surface area contributed by atoms with E-state index in [2.05, 4.69) is 0 Å². The number of carbonyl (C=O) groups is 1. The van der Waals surface area contributed by atoms with E-state index in [1.807, 2.05) is 65.2 Å². The lowest BCUT2D eigenvalue weighted by molar-refractivity contribution is -0.664. The summed E-state index contributed by atoms with van der Waals surface area (Å²) in [5.41, 5.74) is 2.52. The lowest BCUT2D eigenvalue weighted by Gasteiger charge is -2.08. The molecular weight excluding hydrogens is 338 g/mol. The van der Waals surface area contributed by atoms with Crippen molar-refractivity contribution in [2.75, 3.05) is 0 Å². The summed E-state index contributed by atoms with van der Waals surface area (Å²) in [4.78, 5) is 12.8. The van der Waals surface area contributed by atoms with Crippen LogP contribution in [0.1, 0.15) is 16.1 Å². The van der Waals surface area contributed by atoms with E-state index >= 15 is 0 Å². The first-order valence-electron chi connectivity index (χ1n) is 8.67. The number of hydrogen-bond acceptors (Lipinski definition) is 3. The fourth-order valence-electron chi connectivity index (χ4n) is 3.05. The van der Waals surface area contributed by atoms with Gasteiger partial charge in [-0.1, -0.05) is 42.5 Å². The lowest BCUT2D eigenvalue weighted by Crippen LogP contribution is -2.42. The van der Waals surface area contributed by atoms with Gasteiger partial charge in [0, 0.05) is 23.1 Å². The van der Waals surface area contributed by atoms with Gasteiger partial charge in [-0.05, 0) is 36.4 Å². The summed E-state index contributed by atoms with van der Waals surface area (Å²) in [5.74, 6) is 0.0687. The van der Waals surface area contributed by atoms with Crippen molar-refractivity contribution in [1.29, 1.82) is 0 Å². The van der Waals surface area contributed by atoms with E-state index < -0.39 is 5.97 Å². The minimum Gasteiger partial charge on any atom is -0.508 e. The van der Waals surface area contributed by atoms with Crippen molar-refractivity contribution >= 4 is 16.9 Å². The molecule has 1 heterocycles. The quantitative estimate of drug-likeness (QED) is 0.340. The third-order valence-corrected chi connectivity index (χ3v) is 4.38. The van der Waals surface area contributed by atoms with Gasteiger partial charge >= 0.3 is 5.97 Å². The van der Waals surface area contributed by atoms with E-state index in [1.54, 1.807) is 18.2 Å². The molecule has 0 spiro atoms. The van der Waals surface area contributed by atoms with E-state index in [4.69, 9.17) is 4.74 Å². The van der Waals surface area contributed by atoms with Gasteiger partial charge in [-0.3, -0.25) is 0 Å². The van der Waals surface area contributed by atoms with Crippen molar-refractivity contribution in [3.63, 3.8) is 0 Å². The maximum absolute atomic E-state index is 12.8. The van der Waals surface area contributed by atoms with Crippen LogP contribution < -0.4 is 9.30 Å². The molecule has 0 amide bonds. The van der Waals surface area contributed by atoms with E-state index in [1.165, 1.54) is 12.1 Å². The largest absolute Gasteiger partial charge is 0.508 e. The van der Waals surface area contributed by atoms with Crippen molar-refractivity contribution in [2.24, 2.45) is 0 Å². The van der Waals surface area contributed by atoms with Crippen LogP contribution in [0.15, 0.2) is 91.0 Å². The minimum absolute atomic E-state index is 0.125. The maximum Gasteiger partial charge on any atom is 0.409 e. The molecule has 4 heteroatoms. The maximum atomic E-state index is 12.8. The van der Waals surface area contributed by atoms with Gasteiger partial charge in [0.15, 0.2) is 6.54 Å². The third-order valence-electron chi connectivity index (χ3n) is 4.38. The molecule has 0 saturated carbocycles. The predicted octanol–water partition coefficient (Wildman–Crippen LogP) is 4.10. The van der Waals surface area contributed by atoms with Crippen LogP contribution in [0.4, 0.5) is 0 Å². The zero-order valence-electron chi connectivity index (χ0n) is 14.6. The third kappa shape index (κ3) is 3.65. The summed E-state index contributed by atoms with van der Waals surface area (Å²) in [7, 11) is 0. The summed E-state index contributed by atoms with van der Waals surface area (Å²) in [5, 5.41) is 10.4. The molecule has 0 aliphatic rings. The molecule has 1 N–H and O–H groups in total. The topological polar surface area (TPSA) is 50.4 Å². The number of para-hydroxylation sites is 1. The van der Waals surface area contributed by atoms with Crippen LogP contribution in [0.5, 0.6) is 11.5 Å². The van der Waals surface area contributed by atoms with Gasteiger partial charge < -0.3 is 9.84 Å². The molecule has 0 aliphatic heterocycles. The van der Waals surface area contributed by atoms with E-state index in [0.717, 1.165) is 16.5 Å². The number of benzene rings is 3. The number of phenolic OH excluding ortho intramolecular Hbond substituents is 1. The number of esters is 1. The highest BCUT2D eigenvalue weighted by Gasteiger charge is 2.24. The minimum atomic E-state index is -0.442. The second kappa shape index (κ2) is 7.30. The summed E-state index contributed by atoms with van der Waals surface area (Å²) in [6.07, 6.45) is 0. The Labute approximate surface area is 156 Å². The van der Waals surface area contributed by atoms with Crippen LogP contribution in [0.25, 0.3) is 10.9 Å². The van der Waals surface area contributed by atoms with E-state index in [9.17, 15) is 9.90 Å². The number of hydrogen-bond donors (Lipinski definition) is 1. The molecule has 0 aliphatic carbocycles. The summed E-state index contributed by atoms with van der Waals surface area (Å²) in [6.45, 7) is 0.558. The number of aromatic nitrogens is 1. The summed E-state index contributed by atoms with van der Waals surface area (Å²) in [6, 6.07) is 27.8. The lowest BCUT2D eigenvalue weighted by atomic mass is 10.1. The Hall–Kier alpha value is -3.66. The second-order valence-electron chi connectivity index (χ2n) is 6.23. The number of carbonyl (C=O) groups excluding carboxylic acids is 1. The highest BCUT2D eigenvalue weighted by molar-refractivity contribution is 5.89. The Morgan fingerprint density at radius 3 is 2.30 bits per heavy atom. The first kappa shape index (κ1) is 16.8. The fraction of sp³-hybridized carbons (Fsp3) is 0.0435. The molecule has 0 atom stereocenters. The molecule has 3 aromatic carbocycles. The monoisotopic (exact) mass is 356 g/mol. The number of aromatic hydroxyl groups is 1. The molecule has 0 radical (unpaired) electrons. The number of rotatable bonds is 4. The Morgan fingerprint density at radius 2 is 1.52 bits per heavy atom. The molecule has 1 aromatic heterocycles. The SMILES string of the molecule is O=C(Oc1ccc(O)cc1)c1ccc2ccccc2[n+]1Cc1ccccc1. The smallest absolute Gasteiger partial charge is 0.409 e. The molecule has 0 unspecified atom stereocenters. The number of phenols is 1. The number of nitrogens with zero attached hydrogens (tertiary/aromatic N) is 1. The number of pyridine rings is 1. The zero-order chi connectivity index (χ0) is 18.6. The molecule has 4 aromatic rings. The van der Waals surface area contributed by atoms with E-state index in [-0.39, 0.29) is 5.75 Å². The van der Waals surface area contributed by atoms with Gasteiger partial charge in [0.25, 0.3) is 5.69 Å². The number of fused-ring (bicyclic) bond motifs is 1. The highest BCUT2D eigenvalue weighted by atomic mass is 16.5. The zero-order valence-corrected chi connectivity index (χ0v) is 14.6. The fourth-order valence-corrected chi connectivity index (χ4v) is 3.05. The Morgan fingerprint density at radius 1 is 0.815 bits per heavy atom. The van der Waals surface area contributed by atoms with Crippen molar-refractivity contribution in [2.45, 2.75) is 6.54 Å². The van der Waals surface area contributed by atoms with Gasteiger partial charge in [0.2, 0.25) is 5.52 Å². The molecule has 4 rings (SSSR count). The van der Waals surface area contributed by atoms with Crippen molar-refractivity contribution < 1.29 is 19.2 Å². The van der Waals surface area contributed by atoms with Crippen LogP contribution in [-0.2, 0) is 6.54 Å². The van der Waals surface area contributed by atoms with Gasteiger partial charge in [-0.2, -0.15) is 4.57 Å². The predicted molar refractivity (Wildman–Crippen MR) is 103 cm³/mol. The molecule has 0 saturated heterocycles. The Kier molecular flexibility index (Phi) is 4.54. The van der Waals surface area contributed by atoms with Crippen molar-refractivity contribution in [1.82, 2.24) is 0 Å². The normalized spacial score (nSPS) is 10.7. The molecule has 132 valence electrons. The molecule has 0 fully saturated rings. The van der Waals surface area contributed by atoms with Crippen LogP contribution in [0.3, 0.4) is 0 Å². The van der Waals surface area contributed by atoms with Gasteiger partial charge in [0.05, 0.1) is 0 Å². The molecular formula is C23H18NO3+. The first-order chi connectivity index (χ1) is 13.2. The molecule has 27 heavy (non-hydrogen) atoms. The van der Waals surface area contributed by atoms with Crippen LogP contribution >= 0.6 is 0 Å². The van der Waals surface area contributed by atoms with Crippen molar-refractivity contribution in [3.05, 3.63) is 102 Å². The average Bonchev–Trinajstić information content (AvgIpc) is 2.71. The van der Waals surface area contributed by atoms with Crippen molar-refractivity contribution in [3.8, 4) is 11.5 Å². The van der Waals surface area contributed by atoms with Gasteiger partial charge in [-0.25, -0.2) is 4.79 Å². The molecule has 0 bridgehead atoms. The summed E-state index contributed by atoms with van der Waals surface area (Å²) < 4.78 is 7.48. The molecule has 4 nitrogen and oxygen atoms in total. The Bertz CT molecular complexity index is 1090. The van der Waals surface area contributed by atoms with Gasteiger partial charge in [-0.15, -0.1) is 0 Å². The number of ether oxygens (including phenoxy) is 1. The first-order valence-corrected chi connectivity index (χ1v) is 8.67. The average molecular weight is 356 g/mol. The van der Waals surface area contributed by atoms with Crippen LogP contribution in [0, 0.1) is 0 Å². The Balaban J connectivity index is 1.75.